The van der Waals surface area contributed by atoms with Gasteiger partial charge in [0.1, 0.15) is 11.5 Å². The standard InChI is InChI=1S/C16H20O2/c17-15(13-8-9-13)6-3-4-12-10-11-18-16-7-2-1-5-14(12)16/h1-2,5,7,12-13H,3-4,6,8-11H2. The lowest BCUT2D eigenvalue weighted by atomic mass is 9.88. The first kappa shape index (κ1) is 11.8. The topological polar surface area (TPSA) is 26.3 Å². The van der Waals surface area contributed by atoms with Crippen LogP contribution in [0.25, 0.3) is 0 Å². The van der Waals surface area contributed by atoms with Crippen LogP contribution in [0.3, 0.4) is 0 Å². The van der Waals surface area contributed by atoms with Crippen LogP contribution in [0.2, 0.25) is 0 Å². The molecule has 1 unspecified atom stereocenters. The first-order valence-corrected chi connectivity index (χ1v) is 7.09. The first-order valence-electron chi connectivity index (χ1n) is 7.09. The summed E-state index contributed by atoms with van der Waals surface area (Å²) in [7, 11) is 0. The highest BCUT2D eigenvalue weighted by Crippen LogP contribution is 2.37. The van der Waals surface area contributed by atoms with E-state index >= 15 is 0 Å². The van der Waals surface area contributed by atoms with Gasteiger partial charge < -0.3 is 4.74 Å². The van der Waals surface area contributed by atoms with E-state index in [1.54, 1.807) is 0 Å². The van der Waals surface area contributed by atoms with Gasteiger partial charge in [-0.2, -0.15) is 0 Å². The van der Waals surface area contributed by atoms with Crippen LogP contribution in [0.4, 0.5) is 0 Å². The molecular formula is C16H20O2. The van der Waals surface area contributed by atoms with Gasteiger partial charge >= 0.3 is 0 Å². The maximum atomic E-state index is 11.7. The molecule has 1 aromatic rings. The summed E-state index contributed by atoms with van der Waals surface area (Å²) in [5, 5.41) is 0. The van der Waals surface area contributed by atoms with Crippen LogP contribution in [0.5, 0.6) is 5.75 Å². The molecule has 2 nitrogen and oxygen atoms in total. The third-order valence-corrected chi connectivity index (χ3v) is 4.09. The predicted octanol–water partition coefficient (Wildman–Crippen LogP) is 3.70. The second-order valence-corrected chi connectivity index (χ2v) is 5.50. The van der Waals surface area contributed by atoms with Gasteiger partial charge in [0.25, 0.3) is 0 Å². The molecule has 1 atom stereocenters. The van der Waals surface area contributed by atoms with E-state index in [-0.39, 0.29) is 0 Å². The van der Waals surface area contributed by atoms with Crippen molar-refractivity contribution in [2.24, 2.45) is 5.92 Å². The molecule has 96 valence electrons. The van der Waals surface area contributed by atoms with Gasteiger partial charge in [0.05, 0.1) is 6.61 Å². The second-order valence-electron chi connectivity index (χ2n) is 5.50. The lowest BCUT2D eigenvalue weighted by molar-refractivity contribution is -0.120. The summed E-state index contributed by atoms with van der Waals surface area (Å²) in [6.07, 6.45) is 6.31. The van der Waals surface area contributed by atoms with E-state index in [9.17, 15) is 4.79 Å². The normalized spacial score (nSPS) is 22.1. The number of carbonyl (C=O) groups is 1. The third-order valence-electron chi connectivity index (χ3n) is 4.09. The average Bonchev–Trinajstić information content (AvgIpc) is 3.23. The number of ether oxygens (including phenoxy) is 1. The number of Topliss-reactive ketones (excluding diaryl/α,β-unsaturated/α-hetero) is 1. The Morgan fingerprint density at radius 2 is 2.06 bits per heavy atom. The monoisotopic (exact) mass is 244 g/mol. The van der Waals surface area contributed by atoms with Crippen LogP contribution in [0.1, 0.15) is 50.0 Å². The molecule has 0 saturated heterocycles. The summed E-state index contributed by atoms with van der Waals surface area (Å²) in [4.78, 5) is 11.7. The van der Waals surface area contributed by atoms with Crippen LogP contribution in [0.15, 0.2) is 24.3 Å². The van der Waals surface area contributed by atoms with Crippen LogP contribution in [-0.2, 0) is 4.79 Å². The largest absolute Gasteiger partial charge is 0.493 e. The van der Waals surface area contributed by atoms with Gasteiger partial charge in [0, 0.05) is 12.3 Å². The Hall–Kier alpha value is -1.31. The molecule has 0 bridgehead atoms. The number of para-hydroxylation sites is 1. The average molecular weight is 244 g/mol. The van der Waals surface area contributed by atoms with Gasteiger partial charge in [-0.1, -0.05) is 18.2 Å². The lowest BCUT2D eigenvalue weighted by Crippen LogP contribution is -2.14. The second kappa shape index (κ2) is 5.13. The highest BCUT2D eigenvalue weighted by atomic mass is 16.5. The highest BCUT2D eigenvalue weighted by Gasteiger charge is 2.29. The molecular weight excluding hydrogens is 224 g/mol. The lowest BCUT2D eigenvalue weighted by Gasteiger charge is -2.25. The maximum absolute atomic E-state index is 11.7. The van der Waals surface area contributed by atoms with E-state index in [1.165, 1.54) is 5.56 Å². The fourth-order valence-corrected chi connectivity index (χ4v) is 2.85. The molecule has 1 saturated carbocycles. The minimum absolute atomic E-state index is 0.423. The molecule has 2 heteroatoms. The number of fused-ring (bicyclic) bond motifs is 1. The van der Waals surface area contributed by atoms with Crippen molar-refractivity contribution in [1.82, 2.24) is 0 Å². The van der Waals surface area contributed by atoms with Crippen molar-refractivity contribution in [2.75, 3.05) is 6.61 Å². The first-order chi connectivity index (χ1) is 8.84. The Balaban J connectivity index is 1.55. The summed E-state index contributed by atoms with van der Waals surface area (Å²) >= 11 is 0. The number of carbonyl (C=O) groups excluding carboxylic acids is 1. The fourth-order valence-electron chi connectivity index (χ4n) is 2.85. The fraction of sp³-hybridized carbons (Fsp3) is 0.562. The Morgan fingerprint density at radius 1 is 1.22 bits per heavy atom. The zero-order valence-electron chi connectivity index (χ0n) is 10.7. The summed E-state index contributed by atoms with van der Waals surface area (Å²) in [5.74, 6) is 2.55. The van der Waals surface area contributed by atoms with E-state index in [4.69, 9.17) is 4.74 Å². The molecule has 1 heterocycles. The van der Waals surface area contributed by atoms with Gasteiger partial charge in [-0.05, 0) is 49.7 Å². The van der Waals surface area contributed by atoms with Crippen molar-refractivity contribution in [3.05, 3.63) is 29.8 Å². The van der Waals surface area contributed by atoms with Gasteiger partial charge in [0.2, 0.25) is 0 Å². The quantitative estimate of drug-likeness (QED) is 0.789. The SMILES string of the molecule is O=C(CCCC1CCOc2ccccc21)C1CC1. The minimum Gasteiger partial charge on any atom is -0.493 e. The third kappa shape index (κ3) is 2.58. The van der Waals surface area contributed by atoms with Crippen molar-refractivity contribution < 1.29 is 9.53 Å². The molecule has 18 heavy (non-hydrogen) atoms. The minimum atomic E-state index is 0.423. The van der Waals surface area contributed by atoms with E-state index in [0.29, 0.717) is 17.6 Å². The molecule has 1 fully saturated rings. The van der Waals surface area contributed by atoms with Crippen molar-refractivity contribution in [1.29, 1.82) is 0 Å². The van der Waals surface area contributed by atoms with Crippen LogP contribution in [-0.4, -0.2) is 12.4 Å². The molecule has 0 N–H and O–H groups in total. The van der Waals surface area contributed by atoms with Gasteiger partial charge in [-0.15, -0.1) is 0 Å². The zero-order valence-corrected chi connectivity index (χ0v) is 10.7. The highest BCUT2D eigenvalue weighted by molar-refractivity contribution is 5.83. The molecule has 0 amide bonds. The molecule has 2 aliphatic rings. The maximum Gasteiger partial charge on any atom is 0.135 e. The van der Waals surface area contributed by atoms with Crippen LogP contribution >= 0.6 is 0 Å². The Labute approximate surface area is 108 Å². The molecule has 0 aromatic heterocycles. The molecule has 3 rings (SSSR count). The van der Waals surface area contributed by atoms with Crippen LogP contribution in [0, 0.1) is 5.92 Å². The van der Waals surface area contributed by atoms with Crippen LogP contribution < -0.4 is 4.74 Å². The van der Waals surface area contributed by atoms with Crippen molar-refractivity contribution in [2.45, 2.75) is 44.4 Å². The predicted molar refractivity (Wildman–Crippen MR) is 70.9 cm³/mol. The molecule has 1 aliphatic carbocycles. The van der Waals surface area contributed by atoms with Gasteiger partial charge in [-0.25, -0.2) is 0 Å². The molecule has 1 aliphatic heterocycles. The number of rotatable bonds is 5. The van der Waals surface area contributed by atoms with Gasteiger partial charge in [-0.3, -0.25) is 4.79 Å². The smallest absolute Gasteiger partial charge is 0.135 e. The van der Waals surface area contributed by atoms with Crippen molar-refractivity contribution in [3.63, 3.8) is 0 Å². The van der Waals surface area contributed by atoms with E-state index in [1.807, 2.05) is 6.07 Å². The zero-order chi connectivity index (χ0) is 12.4. The Kier molecular flexibility index (Phi) is 3.35. The van der Waals surface area contributed by atoms with Crippen molar-refractivity contribution >= 4 is 5.78 Å². The summed E-state index contributed by atoms with van der Waals surface area (Å²) < 4.78 is 5.66. The van der Waals surface area contributed by atoms with E-state index < -0.39 is 0 Å². The number of hydrogen-bond acceptors (Lipinski definition) is 2. The summed E-state index contributed by atoms with van der Waals surface area (Å²) in [6.45, 7) is 0.818. The Bertz CT molecular complexity index is 434. The van der Waals surface area contributed by atoms with E-state index in [0.717, 1.165) is 50.9 Å². The summed E-state index contributed by atoms with van der Waals surface area (Å²) in [6, 6.07) is 8.33. The number of hydrogen-bond donors (Lipinski definition) is 0. The van der Waals surface area contributed by atoms with E-state index in [2.05, 4.69) is 18.2 Å². The van der Waals surface area contributed by atoms with Gasteiger partial charge in [0.15, 0.2) is 0 Å². The van der Waals surface area contributed by atoms with Crippen molar-refractivity contribution in [3.8, 4) is 5.75 Å². The Morgan fingerprint density at radius 3 is 2.89 bits per heavy atom. The number of ketones is 1. The summed E-state index contributed by atoms with van der Waals surface area (Å²) in [5.41, 5.74) is 1.34. The molecule has 1 aromatic carbocycles. The molecule has 0 spiro atoms. The molecule has 0 radical (unpaired) electrons. The number of benzene rings is 1.